The van der Waals surface area contributed by atoms with Crippen LogP contribution in [0.2, 0.25) is 0 Å². The summed E-state index contributed by atoms with van der Waals surface area (Å²) in [5.41, 5.74) is -0.776. The van der Waals surface area contributed by atoms with Crippen molar-refractivity contribution >= 4 is 10.9 Å². The van der Waals surface area contributed by atoms with Crippen molar-refractivity contribution in [2.24, 2.45) is 11.8 Å². The zero-order valence-corrected chi connectivity index (χ0v) is 14.1. The van der Waals surface area contributed by atoms with E-state index < -0.39 is 23.5 Å². The maximum atomic E-state index is 13.9. The topological polar surface area (TPSA) is 61.9 Å². The molecule has 3 aromatic rings. The first kappa shape index (κ1) is 16.5. The molecule has 1 unspecified atom stereocenters. The van der Waals surface area contributed by atoms with Crippen LogP contribution in [0.25, 0.3) is 10.9 Å². The lowest BCUT2D eigenvalue weighted by Crippen LogP contribution is -2.24. The third-order valence-electron chi connectivity index (χ3n) is 5.43. The Bertz CT molecular complexity index is 1080. The van der Waals surface area contributed by atoms with Gasteiger partial charge >= 0.3 is 0 Å². The number of ether oxygens (including phenoxy) is 1. The van der Waals surface area contributed by atoms with Gasteiger partial charge in [-0.05, 0) is 6.07 Å². The molecule has 6 nitrogen and oxygen atoms in total. The van der Waals surface area contributed by atoms with Gasteiger partial charge in [0.25, 0.3) is 12.0 Å². The van der Waals surface area contributed by atoms with Crippen LogP contribution in [0.1, 0.15) is 23.7 Å². The number of hydrogen-bond donors (Lipinski definition) is 0. The molecule has 1 aliphatic carbocycles. The third-order valence-corrected chi connectivity index (χ3v) is 5.43. The van der Waals surface area contributed by atoms with Crippen LogP contribution in [-0.4, -0.2) is 32.8 Å². The second-order valence-corrected chi connectivity index (χ2v) is 6.95. The lowest BCUT2D eigenvalue weighted by Gasteiger charge is -2.08. The Morgan fingerprint density at radius 1 is 1.22 bits per heavy atom. The Kier molecular flexibility index (Phi) is 3.61. The molecule has 2 fully saturated rings. The molecule has 140 valence electrons. The first-order chi connectivity index (χ1) is 13.1. The standard InChI is InChI=1S/C18H15F3N4O2/c19-13-4-2-1-3-9(13)6-24-16(17(20)21)10-5-22-25(18(26)14(10)23-24)15-11-7-27-8-12(11)15/h1-5,11-12,15,17H,6-8H2/t11-,12+,15?. The summed E-state index contributed by atoms with van der Waals surface area (Å²) in [5.74, 6) is -0.0379. The van der Waals surface area contributed by atoms with Crippen LogP contribution in [0.15, 0.2) is 35.3 Å². The maximum absolute atomic E-state index is 13.9. The van der Waals surface area contributed by atoms with Gasteiger partial charge in [0.05, 0.1) is 37.4 Å². The monoisotopic (exact) mass is 376 g/mol. The smallest absolute Gasteiger partial charge is 0.295 e. The Morgan fingerprint density at radius 3 is 2.67 bits per heavy atom. The van der Waals surface area contributed by atoms with Crippen molar-refractivity contribution in [1.29, 1.82) is 0 Å². The molecule has 9 heteroatoms. The van der Waals surface area contributed by atoms with E-state index >= 15 is 0 Å². The van der Waals surface area contributed by atoms with E-state index in [1.807, 2.05) is 0 Å². The molecule has 27 heavy (non-hydrogen) atoms. The molecule has 0 radical (unpaired) electrons. The Labute approximate surface area is 151 Å². The largest absolute Gasteiger partial charge is 0.381 e. The minimum absolute atomic E-state index is 0.00430. The summed E-state index contributed by atoms with van der Waals surface area (Å²) in [4.78, 5) is 12.8. The van der Waals surface area contributed by atoms with Crippen LogP contribution in [-0.2, 0) is 11.3 Å². The SMILES string of the molecule is O=c1c2nn(Cc3ccccc3F)c(C(F)F)c2cnn1C1[C@H]2COC[C@@H]12. The minimum atomic E-state index is -2.87. The van der Waals surface area contributed by atoms with Crippen LogP contribution >= 0.6 is 0 Å². The number of halogens is 3. The number of aromatic nitrogens is 4. The molecule has 1 saturated carbocycles. The average Bonchev–Trinajstić information content (AvgIpc) is 2.98. The van der Waals surface area contributed by atoms with E-state index in [-0.39, 0.29) is 40.9 Å². The lowest BCUT2D eigenvalue weighted by molar-refractivity contribution is 0.141. The summed E-state index contributed by atoms with van der Waals surface area (Å²) in [6.45, 7) is 0.958. The van der Waals surface area contributed by atoms with E-state index in [0.29, 0.717) is 13.2 Å². The van der Waals surface area contributed by atoms with Crippen LogP contribution in [0, 0.1) is 17.7 Å². The van der Waals surface area contributed by atoms with Gasteiger partial charge in [0.2, 0.25) is 0 Å². The van der Waals surface area contributed by atoms with E-state index in [9.17, 15) is 18.0 Å². The number of rotatable bonds is 4. The minimum Gasteiger partial charge on any atom is -0.381 e. The summed E-state index contributed by atoms with van der Waals surface area (Å²) < 4.78 is 48.9. The van der Waals surface area contributed by atoms with Gasteiger partial charge in [0, 0.05) is 17.4 Å². The second kappa shape index (κ2) is 5.91. The molecule has 1 saturated heterocycles. The summed E-state index contributed by atoms with van der Waals surface area (Å²) in [6, 6.07) is 5.82. The lowest BCUT2D eigenvalue weighted by atomic mass is 10.2. The van der Waals surface area contributed by atoms with Gasteiger partial charge in [0.1, 0.15) is 11.5 Å². The highest BCUT2D eigenvalue weighted by atomic mass is 19.3. The number of benzene rings is 1. The maximum Gasteiger partial charge on any atom is 0.295 e. The van der Waals surface area contributed by atoms with Crippen molar-refractivity contribution in [1.82, 2.24) is 19.6 Å². The number of fused-ring (bicyclic) bond motifs is 2. The van der Waals surface area contributed by atoms with E-state index in [1.54, 1.807) is 6.07 Å². The Hall–Kier alpha value is -2.68. The van der Waals surface area contributed by atoms with Crippen LogP contribution in [0.4, 0.5) is 13.2 Å². The van der Waals surface area contributed by atoms with Crippen molar-refractivity contribution in [3.05, 3.63) is 57.9 Å². The molecule has 5 rings (SSSR count). The predicted octanol–water partition coefficient (Wildman–Crippen LogP) is 2.54. The zero-order chi connectivity index (χ0) is 18.7. The fourth-order valence-electron chi connectivity index (χ4n) is 3.98. The molecular weight excluding hydrogens is 361 g/mol. The highest BCUT2D eigenvalue weighted by Crippen LogP contribution is 2.53. The van der Waals surface area contributed by atoms with Gasteiger partial charge in [-0.3, -0.25) is 9.48 Å². The van der Waals surface area contributed by atoms with Gasteiger partial charge in [-0.2, -0.15) is 10.2 Å². The number of nitrogens with zero attached hydrogens (tertiary/aromatic N) is 4. The molecule has 0 bridgehead atoms. The molecule has 2 aliphatic rings. The molecule has 1 aromatic carbocycles. The van der Waals surface area contributed by atoms with Crippen molar-refractivity contribution in [3.8, 4) is 0 Å². The van der Waals surface area contributed by atoms with Gasteiger partial charge in [-0.1, -0.05) is 18.2 Å². The van der Waals surface area contributed by atoms with Crippen molar-refractivity contribution in [3.63, 3.8) is 0 Å². The molecule has 1 aliphatic heterocycles. The van der Waals surface area contributed by atoms with Crippen LogP contribution < -0.4 is 5.56 Å². The summed E-state index contributed by atoms with van der Waals surface area (Å²) in [5, 5.41) is 8.22. The highest BCUT2D eigenvalue weighted by molar-refractivity contribution is 5.80. The first-order valence-corrected chi connectivity index (χ1v) is 8.64. The molecule has 0 amide bonds. The van der Waals surface area contributed by atoms with E-state index in [0.717, 1.165) is 4.68 Å². The summed E-state index contributed by atoms with van der Waals surface area (Å²) in [7, 11) is 0. The van der Waals surface area contributed by atoms with Gasteiger partial charge in [0.15, 0.2) is 5.52 Å². The Balaban J connectivity index is 1.61. The number of alkyl halides is 2. The molecule has 3 heterocycles. The van der Waals surface area contributed by atoms with Gasteiger partial charge in [-0.25, -0.2) is 17.9 Å². The molecule has 3 atom stereocenters. The first-order valence-electron chi connectivity index (χ1n) is 8.64. The average molecular weight is 376 g/mol. The quantitative estimate of drug-likeness (QED) is 0.702. The zero-order valence-electron chi connectivity index (χ0n) is 14.1. The fraction of sp³-hybridized carbons (Fsp3) is 0.389. The predicted molar refractivity (Wildman–Crippen MR) is 89.1 cm³/mol. The van der Waals surface area contributed by atoms with Crippen LogP contribution in [0.5, 0.6) is 0 Å². The van der Waals surface area contributed by atoms with Crippen molar-refractivity contribution in [2.75, 3.05) is 13.2 Å². The molecule has 2 aromatic heterocycles. The molecule has 0 spiro atoms. The second-order valence-electron chi connectivity index (χ2n) is 6.95. The van der Waals surface area contributed by atoms with Crippen molar-refractivity contribution in [2.45, 2.75) is 19.0 Å². The van der Waals surface area contributed by atoms with E-state index in [2.05, 4.69) is 10.2 Å². The summed E-state index contributed by atoms with van der Waals surface area (Å²) in [6.07, 6.45) is -1.61. The number of hydrogen-bond acceptors (Lipinski definition) is 4. The molecule has 0 N–H and O–H groups in total. The van der Waals surface area contributed by atoms with Crippen LogP contribution in [0.3, 0.4) is 0 Å². The molecular formula is C18H15F3N4O2. The van der Waals surface area contributed by atoms with E-state index in [4.69, 9.17) is 4.74 Å². The van der Waals surface area contributed by atoms with Gasteiger partial charge in [-0.15, -0.1) is 0 Å². The Morgan fingerprint density at radius 2 is 1.96 bits per heavy atom. The summed E-state index contributed by atoms with van der Waals surface area (Å²) >= 11 is 0. The van der Waals surface area contributed by atoms with Crippen molar-refractivity contribution < 1.29 is 17.9 Å². The highest BCUT2D eigenvalue weighted by Gasteiger charge is 2.56. The fourth-order valence-corrected chi connectivity index (χ4v) is 3.98. The third kappa shape index (κ3) is 2.48. The van der Waals surface area contributed by atoms with Gasteiger partial charge < -0.3 is 4.74 Å². The van der Waals surface area contributed by atoms with E-state index in [1.165, 1.54) is 29.1 Å². The normalized spacial score (nSPS) is 23.9.